The number of amides is 1. The topological polar surface area (TPSA) is 66.4 Å². The molecule has 0 aromatic heterocycles. The van der Waals surface area contributed by atoms with E-state index in [0.29, 0.717) is 18.6 Å². The molecule has 1 aliphatic rings. The van der Waals surface area contributed by atoms with Gasteiger partial charge in [0, 0.05) is 10.9 Å². The molecular weight excluding hydrogens is 274 g/mol. The third-order valence-electron chi connectivity index (χ3n) is 3.55. The van der Waals surface area contributed by atoms with Crippen molar-refractivity contribution < 1.29 is 14.7 Å². The quantitative estimate of drug-likeness (QED) is 0.819. The molecule has 0 unspecified atom stereocenters. The van der Waals surface area contributed by atoms with E-state index in [2.05, 4.69) is 5.32 Å². The lowest BCUT2D eigenvalue weighted by Crippen LogP contribution is -2.39. The van der Waals surface area contributed by atoms with E-state index in [4.69, 9.17) is 5.11 Å². The number of carbonyl (C=O) groups is 2. The predicted octanol–water partition coefficient (Wildman–Crippen LogP) is 2.54. The third-order valence-corrected chi connectivity index (χ3v) is 4.57. The minimum absolute atomic E-state index is 0.0256. The zero-order valence-corrected chi connectivity index (χ0v) is 12.1. The smallest absolute Gasteiger partial charge is 0.306 e. The molecule has 4 nitrogen and oxygen atoms in total. The molecule has 0 atom stereocenters. The van der Waals surface area contributed by atoms with Crippen molar-refractivity contribution in [2.75, 3.05) is 5.75 Å². The highest BCUT2D eigenvalue weighted by Crippen LogP contribution is 2.24. The zero-order chi connectivity index (χ0) is 14.4. The van der Waals surface area contributed by atoms with Crippen molar-refractivity contribution in [1.29, 1.82) is 0 Å². The Morgan fingerprint density at radius 1 is 1.15 bits per heavy atom. The fourth-order valence-corrected chi connectivity index (χ4v) is 3.15. The van der Waals surface area contributed by atoms with Gasteiger partial charge in [-0.1, -0.05) is 18.2 Å². The van der Waals surface area contributed by atoms with Crippen molar-refractivity contribution in [1.82, 2.24) is 5.32 Å². The minimum atomic E-state index is -0.714. The summed E-state index contributed by atoms with van der Waals surface area (Å²) in [6.45, 7) is 0. The second-order valence-electron chi connectivity index (χ2n) is 5.06. The van der Waals surface area contributed by atoms with Gasteiger partial charge in [-0.15, -0.1) is 11.8 Å². The molecule has 0 aliphatic heterocycles. The van der Waals surface area contributed by atoms with Crippen LogP contribution in [0, 0.1) is 5.92 Å². The maximum atomic E-state index is 11.9. The van der Waals surface area contributed by atoms with E-state index in [1.165, 1.54) is 11.8 Å². The Morgan fingerprint density at radius 2 is 1.80 bits per heavy atom. The summed E-state index contributed by atoms with van der Waals surface area (Å²) >= 11 is 1.52. The average molecular weight is 293 g/mol. The number of hydrogen-bond acceptors (Lipinski definition) is 3. The van der Waals surface area contributed by atoms with E-state index < -0.39 is 5.97 Å². The van der Waals surface area contributed by atoms with Gasteiger partial charge in [-0.25, -0.2) is 0 Å². The third kappa shape index (κ3) is 4.56. The first kappa shape index (κ1) is 14.9. The van der Waals surface area contributed by atoms with Crippen LogP contribution in [0.5, 0.6) is 0 Å². The summed E-state index contributed by atoms with van der Waals surface area (Å²) < 4.78 is 0. The number of aliphatic carboxylic acids is 1. The minimum Gasteiger partial charge on any atom is -0.481 e. The second kappa shape index (κ2) is 7.33. The van der Waals surface area contributed by atoms with Crippen LogP contribution in [-0.2, 0) is 9.59 Å². The Balaban J connectivity index is 1.69. The average Bonchev–Trinajstić information content (AvgIpc) is 2.47. The number of rotatable bonds is 5. The molecule has 20 heavy (non-hydrogen) atoms. The SMILES string of the molecule is O=C(CSc1ccccc1)NC1CCC(C(=O)O)CC1. The summed E-state index contributed by atoms with van der Waals surface area (Å²) in [5, 5.41) is 11.9. The number of carbonyl (C=O) groups excluding carboxylic acids is 1. The van der Waals surface area contributed by atoms with Gasteiger partial charge in [0.05, 0.1) is 11.7 Å². The first-order valence-corrected chi connectivity index (χ1v) is 7.83. The Morgan fingerprint density at radius 3 is 2.40 bits per heavy atom. The van der Waals surface area contributed by atoms with Crippen LogP contribution in [0.15, 0.2) is 35.2 Å². The van der Waals surface area contributed by atoms with Crippen LogP contribution in [0.4, 0.5) is 0 Å². The maximum absolute atomic E-state index is 11.9. The second-order valence-corrected chi connectivity index (χ2v) is 6.10. The molecule has 5 heteroatoms. The van der Waals surface area contributed by atoms with Crippen molar-refractivity contribution >= 4 is 23.6 Å². The molecule has 0 radical (unpaired) electrons. The number of carboxylic acid groups (broad SMARTS) is 1. The lowest BCUT2D eigenvalue weighted by molar-refractivity contribution is -0.142. The van der Waals surface area contributed by atoms with Gasteiger partial charge >= 0.3 is 5.97 Å². The van der Waals surface area contributed by atoms with Crippen LogP contribution < -0.4 is 5.32 Å². The van der Waals surface area contributed by atoms with Gasteiger partial charge < -0.3 is 10.4 Å². The van der Waals surface area contributed by atoms with Gasteiger partial charge in [-0.2, -0.15) is 0 Å². The molecule has 108 valence electrons. The maximum Gasteiger partial charge on any atom is 0.306 e. The van der Waals surface area contributed by atoms with Crippen molar-refractivity contribution in [3.05, 3.63) is 30.3 Å². The highest BCUT2D eigenvalue weighted by Gasteiger charge is 2.26. The molecule has 1 aromatic rings. The summed E-state index contributed by atoms with van der Waals surface area (Å²) in [5.74, 6) is -0.517. The van der Waals surface area contributed by atoms with Gasteiger partial charge in [-0.05, 0) is 37.8 Å². The molecule has 0 bridgehead atoms. The number of hydrogen-bond donors (Lipinski definition) is 2. The van der Waals surface area contributed by atoms with Gasteiger partial charge in [0.2, 0.25) is 5.91 Å². The number of benzene rings is 1. The fourth-order valence-electron chi connectivity index (χ4n) is 2.42. The summed E-state index contributed by atoms with van der Waals surface area (Å²) in [7, 11) is 0. The Hall–Kier alpha value is -1.49. The molecule has 0 spiro atoms. The van der Waals surface area contributed by atoms with Crippen LogP contribution in [-0.4, -0.2) is 28.8 Å². The van der Waals surface area contributed by atoms with E-state index in [-0.39, 0.29) is 17.9 Å². The van der Waals surface area contributed by atoms with E-state index in [1.807, 2.05) is 30.3 Å². The zero-order valence-electron chi connectivity index (χ0n) is 11.2. The Labute approximate surface area is 123 Å². The predicted molar refractivity (Wildman–Crippen MR) is 78.7 cm³/mol. The number of thioether (sulfide) groups is 1. The molecule has 1 aromatic carbocycles. The van der Waals surface area contributed by atoms with Crippen molar-refractivity contribution in [3.8, 4) is 0 Å². The highest BCUT2D eigenvalue weighted by molar-refractivity contribution is 8.00. The summed E-state index contributed by atoms with van der Waals surface area (Å²) in [4.78, 5) is 23.8. The van der Waals surface area contributed by atoms with Gasteiger partial charge in [0.15, 0.2) is 0 Å². The van der Waals surface area contributed by atoms with Gasteiger partial charge in [0.1, 0.15) is 0 Å². The first-order valence-electron chi connectivity index (χ1n) is 6.85. The highest BCUT2D eigenvalue weighted by atomic mass is 32.2. The van der Waals surface area contributed by atoms with Crippen LogP contribution in [0.1, 0.15) is 25.7 Å². The normalized spacial score (nSPS) is 22.2. The lowest BCUT2D eigenvalue weighted by atomic mass is 9.86. The van der Waals surface area contributed by atoms with Crippen molar-refractivity contribution in [2.45, 2.75) is 36.6 Å². The van der Waals surface area contributed by atoms with Crippen molar-refractivity contribution in [2.24, 2.45) is 5.92 Å². The fraction of sp³-hybridized carbons (Fsp3) is 0.467. The summed E-state index contributed by atoms with van der Waals surface area (Å²) in [5.41, 5.74) is 0. The van der Waals surface area contributed by atoms with Crippen LogP contribution in [0.25, 0.3) is 0 Å². The monoisotopic (exact) mass is 293 g/mol. The summed E-state index contributed by atoms with van der Waals surface area (Å²) in [6.07, 6.45) is 2.84. The van der Waals surface area contributed by atoms with E-state index in [9.17, 15) is 9.59 Å². The van der Waals surface area contributed by atoms with E-state index >= 15 is 0 Å². The molecule has 2 N–H and O–H groups in total. The number of carboxylic acids is 1. The molecular formula is C15H19NO3S. The van der Waals surface area contributed by atoms with E-state index in [1.54, 1.807) is 0 Å². The molecule has 0 saturated heterocycles. The molecule has 1 fully saturated rings. The van der Waals surface area contributed by atoms with Crippen LogP contribution in [0.2, 0.25) is 0 Å². The van der Waals surface area contributed by atoms with Gasteiger partial charge in [0.25, 0.3) is 0 Å². The molecule has 2 rings (SSSR count). The standard InChI is InChI=1S/C15H19NO3S/c17-14(10-20-13-4-2-1-3-5-13)16-12-8-6-11(7-9-12)15(18)19/h1-5,11-12H,6-10H2,(H,16,17)(H,18,19). The molecule has 0 heterocycles. The van der Waals surface area contributed by atoms with E-state index in [0.717, 1.165) is 17.7 Å². The van der Waals surface area contributed by atoms with Gasteiger partial charge in [-0.3, -0.25) is 9.59 Å². The summed E-state index contributed by atoms with van der Waals surface area (Å²) in [6, 6.07) is 9.95. The largest absolute Gasteiger partial charge is 0.481 e. The first-order chi connectivity index (χ1) is 9.65. The Bertz CT molecular complexity index is 455. The van der Waals surface area contributed by atoms with Crippen LogP contribution >= 0.6 is 11.8 Å². The van der Waals surface area contributed by atoms with Crippen LogP contribution in [0.3, 0.4) is 0 Å². The molecule has 1 aliphatic carbocycles. The molecule has 1 saturated carbocycles. The Kier molecular flexibility index (Phi) is 5.47. The lowest BCUT2D eigenvalue weighted by Gasteiger charge is -2.26. The molecule has 1 amide bonds. The van der Waals surface area contributed by atoms with Crippen molar-refractivity contribution in [3.63, 3.8) is 0 Å². The number of nitrogens with one attached hydrogen (secondary N) is 1.